The van der Waals surface area contributed by atoms with Crippen LogP contribution in [-0.4, -0.2) is 21.7 Å². The van der Waals surface area contributed by atoms with Crippen molar-refractivity contribution in [2.24, 2.45) is 0 Å². The maximum absolute atomic E-state index is 13.1. The number of carbonyl (C=O) groups is 2. The van der Waals surface area contributed by atoms with Crippen LogP contribution in [0.4, 0.5) is 0 Å². The van der Waals surface area contributed by atoms with Gasteiger partial charge in [-0.15, -0.1) is 0 Å². The quantitative estimate of drug-likeness (QED) is 0.291. The molecule has 1 unspecified atom stereocenters. The van der Waals surface area contributed by atoms with Crippen LogP contribution in [0.15, 0.2) is 101 Å². The third kappa shape index (κ3) is 3.20. The lowest BCUT2D eigenvalue weighted by Crippen LogP contribution is -2.29. The van der Waals surface area contributed by atoms with Gasteiger partial charge in [-0.3, -0.25) is 9.59 Å². The molecule has 152 valence electrons. The van der Waals surface area contributed by atoms with Crippen molar-refractivity contribution in [2.45, 2.75) is 12.6 Å². The number of ketones is 1. The molecule has 0 aliphatic carbocycles. The minimum atomic E-state index is -0.739. The Morgan fingerprint density at radius 1 is 0.871 bits per heavy atom. The van der Waals surface area contributed by atoms with Crippen molar-refractivity contribution in [3.8, 4) is 0 Å². The van der Waals surface area contributed by atoms with Gasteiger partial charge in [0.1, 0.15) is 11.5 Å². The topological polar surface area (TPSA) is 70.8 Å². The number of furan rings is 1. The first-order valence-electron chi connectivity index (χ1n) is 9.99. The Morgan fingerprint density at radius 3 is 2.39 bits per heavy atom. The van der Waals surface area contributed by atoms with Gasteiger partial charge in [-0.25, -0.2) is 0 Å². The number of hydrogen-bond donors (Lipinski definition) is 1. The van der Waals surface area contributed by atoms with Crippen molar-refractivity contribution in [1.29, 1.82) is 0 Å². The third-order valence-corrected chi connectivity index (χ3v) is 5.61. The maximum Gasteiger partial charge on any atom is 0.296 e. The second kappa shape index (κ2) is 7.61. The number of rotatable bonds is 4. The van der Waals surface area contributed by atoms with Gasteiger partial charge >= 0.3 is 0 Å². The molecule has 3 aromatic carbocycles. The number of aliphatic hydroxyl groups is 1. The molecule has 1 atom stereocenters. The molecule has 0 radical (unpaired) electrons. The first kappa shape index (κ1) is 18.9. The summed E-state index contributed by atoms with van der Waals surface area (Å²) in [6.07, 6.45) is 1.53. The minimum Gasteiger partial charge on any atom is -0.507 e. The fraction of sp³-hybridized carbons (Fsp3) is 0.0769. The summed E-state index contributed by atoms with van der Waals surface area (Å²) in [7, 11) is 0. The number of fused-ring (bicyclic) bond motifs is 1. The Morgan fingerprint density at radius 2 is 1.61 bits per heavy atom. The van der Waals surface area contributed by atoms with Crippen LogP contribution in [0.1, 0.15) is 22.9 Å². The Balaban J connectivity index is 1.75. The highest BCUT2D eigenvalue weighted by atomic mass is 16.3. The fourth-order valence-corrected chi connectivity index (χ4v) is 4.18. The van der Waals surface area contributed by atoms with E-state index < -0.39 is 17.7 Å². The van der Waals surface area contributed by atoms with Crippen LogP contribution in [0.2, 0.25) is 0 Å². The molecule has 1 saturated heterocycles. The number of nitrogens with zero attached hydrogens (tertiary/aromatic N) is 1. The zero-order valence-corrected chi connectivity index (χ0v) is 16.6. The minimum absolute atomic E-state index is 0.0825. The molecule has 1 N–H and O–H groups in total. The summed E-state index contributed by atoms with van der Waals surface area (Å²) >= 11 is 0. The van der Waals surface area contributed by atoms with E-state index in [4.69, 9.17) is 4.42 Å². The lowest BCUT2D eigenvalue weighted by atomic mass is 9.91. The van der Waals surface area contributed by atoms with Gasteiger partial charge in [0.15, 0.2) is 0 Å². The third-order valence-electron chi connectivity index (χ3n) is 5.61. The Labute approximate surface area is 178 Å². The lowest BCUT2D eigenvalue weighted by molar-refractivity contribution is -0.140. The molecule has 1 aliphatic heterocycles. The standard InChI is InChI=1S/C26H19NO4/c28-24(18-9-2-1-3-10-18)22-23(21-14-6-11-17-8-4-5-13-20(17)21)27(26(30)25(22)29)16-19-12-7-15-31-19/h1-15,23,28H,16H2/b24-22-. The number of carbonyl (C=O) groups excluding carboxylic acids is 2. The van der Waals surface area contributed by atoms with Crippen molar-refractivity contribution in [3.63, 3.8) is 0 Å². The van der Waals surface area contributed by atoms with Gasteiger partial charge < -0.3 is 14.4 Å². The molecule has 5 rings (SSSR count). The van der Waals surface area contributed by atoms with E-state index in [1.54, 1.807) is 36.4 Å². The summed E-state index contributed by atoms with van der Waals surface area (Å²) in [4.78, 5) is 27.7. The van der Waals surface area contributed by atoms with Gasteiger partial charge in [-0.2, -0.15) is 0 Å². The number of likely N-dealkylation sites (tertiary alicyclic amines) is 1. The van der Waals surface area contributed by atoms with Gasteiger partial charge in [-0.05, 0) is 28.5 Å². The molecule has 4 aromatic rings. The maximum atomic E-state index is 13.1. The number of benzene rings is 3. The van der Waals surface area contributed by atoms with Gasteiger partial charge in [0.05, 0.1) is 24.4 Å². The summed E-state index contributed by atoms with van der Waals surface area (Å²) in [5.74, 6) is -0.983. The second-order valence-electron chi connectivity index (χ2n) is 7.44. The average Bonchev–Trinajstić information content (AvgIpc) is 3.41. The van der Waals surface area contributed by atoms with Crippen LogP contribution in [0, 0.1) is 0 Å². The largest absolute Gasteiger partial charge is 0.507 e. The number of aliphatic hydroxyl groups excluding tert-OH is 1. The van der Waals surface area contributed by atoms with Crippen molar-refractivity contribution < 1.29 is 19.1 Å². The molecule has 0 spiro atoms. The summed E-state index contributed by atoms with van der Waals surface area (Å²) in [6.45, 7) is 0.122. The molecule has 5 nitrogen and oxygen atoms in total. The molecule has 2 heterocycles. The van der Waals surface area contributed by atoms with Crippen LogP contribution < -0.4 is 0 Å². The zero-order valence-electron chi connectivity index (χ0n) is 16.6. The number of Topliss-reactive ketones (excluding diaryl/α,β-unsaturated/α-hetero) is 1. The Hall–Kier alpha value is -4.12. The van der Waals surface area contributed by atoms with Gasteiger partial charge in [0.2, 0.25) is 0 Å². The van der Waals surface area contributed by atoms with E-state index in [0.717, 1.165) is 16.3 Å². The van der Waals surface area contributed by atoms with Gasteiger partial charge in [0, 0.05) is 5.56 Å². The first-order valence-corrected chi connectivity index (χ1v) is 9.99. The second-order valence-corrected chi connectivity index (χ2v) is 7.44. The normalized spacial score (nSPS) is 18.1. The summed E-state index contributed by atoms with van der Waals surface area (Å²) < 4.78 is 5.45. The smallest absolute Gasteiger partial charge is 0.296 e. The van der Waals surface area contributed by atoms with Crippen LogP contribution in [-0.2, 0) is 16.1 Å². The van der Waals surface area contributed by atoms with Crippen molar-refractivity contribution >= 4 is 28.2 Å². The van der Waals surface area contributed by atoms with Crippen LogP contribution in [0.5, 0.6) is 0 Å². The van der Waals surface area contributed by atoms with Gasteiger partial charge in [0.25, 0.3) is 11.7 Å². The van der Waals surface area contributed by atoms with E-state index in [0.29, 0.717) is 11.3 Å². The molecular formula is C26H19NO4. The number of hydrogen-bond acceptors (Lipinski definition) is 4. The monoisotopic (exact) mass is 409 g/mol. The number of amides is 1. The highest BCUT2D eigenvalue weighted by Crippen LogP contribution is 2.42. The molecule has 31 heavy (non-hydrogen) atoms. The molecule has 0 saturated carbocycles. The zero-order chi connectivity index (χ0) is 21.4. The van der Waals surface area contributed by atoms with E-state index in [-0.39, 0.29) is 17.9 Å². The molecule has 1 aliphatic rings. The summed E-state index contributed by atoms with van der Waals surface area (Å²) in [5.41, 5.74) is 1.35. The molecule has 1 aromatic heterocycles. The Kier molecular flexibility index (Phi) is 4.64. The van der Waals surface area contributed by atoms with Crippen LogP contribution in [0.3, 0.4) is 0 Å². The summed E-state index contributed by atoms with van der Waals surface area (Å²) in [6, 6.07) is 25.2. The highest BCUT2D eigenvalue weighted by Gasteiger charge is 2.46. The van der Waals surface area contributed by atoms with E-state index in [2.05, 4.69) is 0 Å². The highest BCUT2D eigenvalue weighted by molar-refractivity contribution is 6.46. The summed E-state index contributed by atoms with van der Waals surface area (Å²) in [5, 5.41) is 13.0. The first-order chi connectivity index (χ1) is 15.1. The van der Waals surface area contributed by atoms with E-state index in [1.807, 2.05) is 48.5 Å². The Bertz CT molecular complexity index is 1300. The predicted octanol–water partition coefficient (Wildman–Crippen LogP) is 5.05. The SMILES string of the molecule is O=C1C(=O)N(Cc2ccco2)C(c2cccc3ccccc23)/C1=C(/O)c1ccccc1. The molecule has 1 fully saturated rings. The molecular weight excluding hydrogens is 390 g/mol. The van der Waals surface area contributed by atoms with Crippen molar-refractivity contribution in [2.75, 3.05) is 0 Å². The fourth-order valence-electron chi connectivity index (χ4n) is 4.18. The van der Waals surface area contributed by atoms with Crippen LogP contribution >= 0.6 is 0 Å². The van der Waals surface area contributed by atoms with Crippen LogP contribution in [0.25, 0.3) is 16.5 Å². The van der Waals surface area contributed by atoms with E-state index in [9.17, 15) is 14.7 Å². The van der Waals surface area contributed by atoms with Crippen molar-refractivity contribution in [1.82, 2.24) is 4.90 Å². The lowest BCUT2D eigenvalue weighted by Gasteiger charge is -2.25. The molecule has 5 heteroatoms. The molecule has 0 bridgehead atoms. The van der Waals surface area contributed by atoms with E-state index in [1.165, 1.54) is 11.2 Å². The van der Waals surface area contributed by atoms with Crippen molar-refractivity contribution in [3.05, 3.63) is 114 Å². The predicted molar refractivity (Wildman–Crippen MR) is 117 cm³/mol. The van der Waals surface area contributed by atoms with E-state index >= 15 is 0 Å². The molecule has 1 amide bonds. The van der Waals surface area contributed by atoms with Gasteiger partial charge in [-0.1, -0.05) is 72.8 Å². The average molecular weight is 409 g/mol.